The molecule has 0 aliphatic heterocycles. The first-order valence-corrected chi connectivity index (χ1v) is 7.75. The van der Waals surface area contributed by atoms with Crippen LogP contribution in [0.3, 0.4) is 0 Å². The van der Waals surface area contributed by atoms with Gasteiger partial charge in [0.05, 0.1) is 5.02 Å². The molecule has 0 aliphatic carbocycles. The minimum Gasteiger partial charge on any atom is -0.326 e. The van der Waals surface area contributed by atoms with Gasteiger partial charge in [-0.25, -0.2) is 0 Å². The van der Waals surface area contributed by atoms with Crippen LogP contribution in [-0.2, 0) is 4.79 Å². The van der Waals surface area contributed by atoms with Gasteiger partial charge >= 0.3 is 0 Å². The zero-order valence-electron chi connectivity index (χ0n) is 11.9. The molecule has 0 bridgehead atoms. The first kappa shape index (κ1) is 15.9. The molecular formula is C16H17ClN2OS. The van der Waals surface area contributed by atoms with Crippen LogP contribution in [0.1, 0.15) is 25.5 Å². The van der Waals surface area contributed by atoms with E-state index in [9.17, 15) is 4.79 Å². The molecule has 3 N–H and O–H groups in total. The van der Waals surface area contributed by atoms with Gasteiger partial charge in [-0.05, 0) is 48.9 Å². The average Bonchev–Trinajstić information content (AvgIpc) is 2.42. The molecule has 5 heteroatoms. The quantitative estimate of drug-likeness (QED) is 0.874. The topological polar surface area (TPSA) is 55.1 Å². The third-order valence-electron chi connectivity index (χ3n) is 2.88. The van der Waals surface area contributed by atoms with Crippen molar-refractivity contribution < 1.29 is 4.79 Å². The van der Waals surface area contributed by atoms with Gasteiger partial charge in [-0.2, -0.15) is 0 Å². The fourth-order valence-electron chi connectivity index (χ4n) is 1.82. The number of rotatable bonds is 4. The molecule has 0 fully saturated rings. The Morgan fingerprint density at radius 1 is 1.24 bits per heavy atom. The van der Waals surface area contributed by atoms with Crippen molar-refractivity contribution in [2.75, 3.05) is 5.32 Å². The van der Waals surface area contributed by atoms with Gasteiger partial charge in [0.15, 0.2) is 0 Å². The second kappa shape index (κ2) is 6.98. The minimum absolute atomic E-state index is 0.0292. The van der Waals surface area contributed by atoms with Crippen molar-refractivity contribution in [1.82, 2.24) is 0 Å². The maximum atomic E-state index is 11.0. The maximum absolute atomic E-state index is 11.0. The van der Waals surface area contributed by atoms with Crippen molar-refractivity contribution in [2.45, 2.75) is 29.7 Å². The van der Waals surface area contributed by atoms with Gasteiger partial charge in [0.2, 0.25) is 5.91 Å². The average molecular weight is 321 g/mol. The first-order valence-electron chi connectivity index (χ1n) is 6.56. The Morgan fingerprint density at radius 3 is 2.43 bits per heavy atom. The van der Waals surface area contributed by atoms with Gasteiger partial charge in [-0.3, -0.25) is 4.79 Å². The van der Waals surface area contributed by atoms with Gasteiger partial charge in [0, 0.05) is 28.4 Å². The maximum Gasteiger partial charge on any atom is 0.221 e. The van der Waals surface area contributed by atoms with Crippen molar-refractivity contribution in [1.29, 1.82) is 0 Å². The molecule has 0 aliphatic rings. The second-order valence-corrected chi connectivity index (χ2v) is 6.31. The summed E-state index contributed by atoms with van der Waals surface area (Å²) >= 11 is 7.87. The minimum atomic E-state index is -0.0788. The summed E-state index contributed by atoms with van der Waals surface area (Å²) in [6.45, 7) is 3.42. The molecule has 2 aromatic carbocycles. The summed E-state index contributed by atoms with van der Waals surface area (Å²) in [5.74, 6) is -0.0788. The van der Waals surface area contributed by atoms with E-state index >= 15 is 0 Å². The van der Waals surface area contributed by atoms with E-state index in [1.54, 1.807) is 11.8 Å². The van der Waals surface area contributed by atoms with Crippen LogP contribution in [0.5, 0.6) is 0 Å². The van der Waals surface area contributed by atoms with Crippen LogP contribution < -0.4 is 11.1 Å². The standard InChI is InChI=1S/C16H17ClN2OS/c1-10(18)12-3-8-16(15(17)9-12)21-14-6-4-13(5-7-14)19-11(2)20/h3-10H,18H2,1-2H3,(H,19,20)/t10-/m1/s1. The van der Waals surface area contributed by atoms with E-state index in [4.69, 9.17) is 17.3 Å². The summed E-state index contributed by atoms with van der Waals surface area (Å²) in [6, 6.07) is 13.5. The Labute approximate surface area is 133 Å². The predicted molar refractivity (Wildman–Crippen MR) is 88.9 cm³/mol. The fraction of sp³-hybridized carbons (Fsp3) is 0.188. The van der Waals surface area contributed by atoms with E-state index in [0.29, 0.717) is 5.02 Å². The van der Waals surface area contributed by atoms with Crippen molar-refractivity contribution in [2.24, 2.45) is 5.73 Å². The second-order valence-electron chi connectivity index (χ2n) is 4.79. The van der Waals surface area contributed by atoms with Crippen molar-refractivity contribution in [3.8, 4) is 0 Å². The number of halogens is 1. The highest BCUT2D eigenvalue weighted by molar-refractivity contribution is 7.99. The SMILES string of the molecule is CC(=O)Nc1ccc(Sc2ccc([C@@H](C)N)cc2Cl)cc1. The molecule has 0 aromatic heterocycles. The van der Waals surface area contributed by atoms with E-state index in [0.717, 1.165) is 21.0 Å². The highest BCUT2D eigenvalue weighted by Crippen LogP contribution is 2.35. The van der Waals surface area contributed by atoms with E-state index in [1.165, 1.54) is 6.92 Å². The lowest BCUT2D eigenvalue weighted by Gasteiger charge is -2.10. The van der Waals surface area contributed by atoms with Gasteiger partial charge < -0.3 is 11.1 Å². The zero-order chi connectivity index (χ0) is 15.4. The highest BCUT2D eigenvalue weighted by Gasteiger charge is 2.07. The molecule has 2 rings (SSSR count). The number of nitrogens with two attached hydrogens (primary N) is 1. The van der Waals surface area contributed by atoms with Gasteiger partial charge in [0.25, 0.3) is 0 Å². The van der Waals surface area contributed by atoms with Gasteiger partial charge in [-0.1, -0.05) is 29.4 Å². The van der Waals surface area contributed by atoms with Crippen molar-refractivity contribution >= 4 is 35.0 Å². The van der Waals surface area contributed by atoms with Crippen molar-refractivity contribution in [3.63, 3.8) is 0 Å². The Hall–Kier alpha value is -1.49. The van der Waals surface area contributed by atoms with E-state index in [1.807, 2.05) is 49.4 Å². The Bertz CT molecular complexity index is 641. The molecule has 0 saturated heterocycles. The Morgan fingerprint density at radius 2 is 1.90 bits per heavy atom. The third-order valence-corrected chi connectivity index (χ3v) is 4.39. The van der Waals surface area contributed by atoms with Crippen LogP contribution in [0.25, 0.3) is 0 Å². The normalized spacial score (nSPS) is 12.0. The molecule has 3 nitrogen and oxygen atoms in total. The Balaban J connectivity index is 2.13. The lowest BCUT2D eigenvalue weighted by Crippen LogP contribution is -2.05. The van der Waals surface area contributed by atoms with Crippen LogP contribution >= 0.6 is 23.4 Å². The monoisotopic (exact) mass is 320 g/mol. The van der Waals surface area contributed by atoms with E-state index in [2.05, 4.69) is 5.32 Å². The van der Waals surface area contributed by atoms with Crippen LogP contribution in [0.15, 0.2) is 52.3 Å². The molecule has 0 spiro atoms. The first-order chi connectivity index (χ1) is 9.95. The predicted octanol–water partition coefficient (Wildman–Crippen LogP) is 4.47. The van der Waals surface area contributed by atoms with Crippen LogP contribution in [-0.4, -0.2) is 5.91 Å². The third kappa shape index (κ3) is 4.49. The number of amides is 1. The van der Waals surface area contributed by atoms with E-state index < -0.39 is 0 Å². The molecule has 0 saturated carbocycles. The largest absolute Gasteiger partial charge is 0.326 e. The molecule has 1 amide bonds. The summed E-state index contributed by atoms with van der Waals surface area (Å²) in [7, 11) is 0. The lowest BCUT2D eigenvalue weighted by atomic mass is 10.1. The number of hydrogen-bond acceptors (Lipinski definition) is 3. The number of carbonyl (C=O) groups excluding carboxylic acids is 1. The smallest absolute Gasteiger partial charge is 0.221 e. The summed E-state index contributed by atoms with van der Waals surface area (Å²) in [4.78, 5) is 13.0. The lowest BCUT2D eigenvalue weighted by molar-refractivity contribution is -0.114. The summed E-state index contributed by atoms with van der Waals surface area (Å²) in [5.41, 5.74) is 7.64. The van der Waals surface area contributed by atoms with Crippen LogP contribution in [0.2, 0.25) is 5.02 Å². The molecule has 2 aromatic rings. The van der Waals surface area contributed by atoms with Crippen LogP contribution in [0, 0.1) is 0 Å². The number of nitrogens with one attached hydrogen (secondary N) is 1. The molecule has 0 heterocycles. The summed E-state index contributed by atoms with van der Waals surface area (Å²) in [6.07, 6.45) is 0. The molecule has 1 atom stereocenters. The van der Waals surface area contributed by atoms with E-state index in [-0.39, 0.29) is 11.9 Å². The Kier molecular flexibility index (Phi) is 5.28. The molecule has 110 valence electrons. The summed E-state index contributed by atoms with van der Waals surface area (Å²) in [5, 5.41) is 3.43. The number of anilines is 1. The molecular weight excluding hydrogens is 304 g/mol. The van der Waals surface area contributed by atoms with Gasteiger partial charge in [0.1, 0.15) is 0 Å². The van der Waals surface area contributed by atoms with Gasteiger partial charge in [-0.15, -0.1) is 0 Å². The number of carbonyl (C=O) groups is 1. The number of benzene rings is 2. The summed E-state index contributed by atoms with van der Waals surface area (Å²) < 4.78 is 0. The van der Waals surface area contributed by atoms with Crippen molar-refractivity contribution in [3.05, 3.63) is 53.1 Å². The zero-order valence-corrected chi connectivity index (χ0v) is 13.5. The molecule has 0 unspecified atom stereocenters. The molecule has 0 radical (unpaired) electrons. The molecule has 21 heavy (non-hydrogen) atoms. The highest BCUT2D eigenvalue weighted by atomic mass is 35.5. The number of hydrogen-bond donors (Lipinski definition) is 2. The fourth-order valence-corrected chi connectivity index (χ4v) is 2.94. The van der Waals surface area contributed by atoms with Crippen LogP contribution in [0.4, 0.5) is 5.69 Å².